The van der Waals surface area contributed by atoms with E-state index in [-0.39, 0.29) is 5.91 Å². The minimum Gasteiger partial charge on any atom is -0.496 e. The van der Waals surface area contributed by atoms with E-state index in [1.807, 2.05) is 62.5 Å². The summed E-state index contributed by atoms with van der Waals surface area (Å²) in [7, 11) is 4.81. The van der Waals surface area contributed by atoms with Crippen molar-refractivity contribution in [2.75, 3.05) is 21.3 Å². The third-order valence-corrected chi connectivity index (χ3v) is 5.06. The van der Waals surface area contributed by atoms with Crippen LogP contribution in [0.2, 0.25) is 0 Å². The van der Waals surface area contributed by atoms with Crippen molar-refractivity contribution >= 4 is 5.91 Å². The Balaban J connectivity index is 1.77. The molecule has 1 amide bonds. The minimum absolute atomic E-state index is 0.143. The second kappa shape index (κ2) is 8.90. The molecule has 0 fully saturated rings. The van der Waals surface area contributed by atoms with E-state index in [4.69, 9.17) is 14.2 Å². The summed E-state index contributed by atoms with van der Waals surface area (Å²) in [4.78, 5) is 12.9. The van der Waals surface area contributed by atoms with Gasteiger partial charge in [0.05, 0.1) is 27.5 Å². The van der Waals surface area contributed by atoms with Gasteiger partial charge in [0.15, 0.2) is 11.5 Å². The number of hydrogen-bond acceptors (Lipinski definition) is 5. The predicted octanol–water partition coefficient (Wildman–Crippen LogP) is 3.63. The highest BCUT2D eigenvalue weighted by Crippen LogP contribution is 2.32. The maximum Gasteiger partial charge on any atom is 0.247 e. The van der Waals surface area contributed by atoms with Crippen molar-refractivity contribution in [2.24, 2.45) is 0 Å². The highest BCUT2D eigenvalue weighted by molar-refractivity contribution is 5.83. The molecule has 0 unspecified atom stereocenters. The van der Waals surface area contributed by atoms with Gasteiger partial charge in [-0.2, -0.15) is 5.10 Å². The lowest BCUT2D eigenvalue weighted by atomic mass is 10.0. The Labute approximate surface area is 176 Å². The van der Waals surface area contributed by atoms with Crippen LogP contribution >= 0.6 is 0 Å². The molecule has 1 N–H and O–H groups in total. The molecule has 0 bridgehead atoms. The van der Waals surface area contributed by atoms with Gasteiger partial charge in [-0.25, -0.2) is 0 Å². The van der Waals surface area contributed by atoms with Crippen LogP contribution < -0.4 is 19.5 Å². The van der Waals surface area contributed by atoms with Crippen molar-refractivity contribution < 1.29 is 19.0 Å². The first kappa shape index (κ1) is 21.2. The molecular weight excluding hydrogens is 382 g/mol. The summed E-state index contributed by atoms with van der Waals surface area (Å²) >= 11 is 0. The molecule has 3 aromatic rings. The molecule has 0 aliphatic rings. The van der Waals surface area contributed by atoms with Crippen molar-refractivity contribution in [1.82, 2.24) is 15.1 Å². The van der Waals surface area contributed by atoms with Crippen molar-refractivity contribution in [1.29, 1.82) is 0 Å². The Bertz CT molecular complexity index is 1030. The summed E-state index contributed by atoms with van der Waals surface area (Å²) in [6, 6.07) is 13.3. The number of carbonyl (C=O) groups excluding carboxylic acids is 1. The zero-order valence-corrected chi connectivity index (χ0v) is 17.9. The van der Waals surface area contributed by atoms with Gasteiger partial charge in [0, 0.05) is 23.9 Å². The molecule has 0 radical (unpaired) electrons. The summed E-state index contributed by atoms with van der Waals surface area (Å²) in [5.74, 6) is 1.89. The Kier molecular flexibility index (Phi) is 6.30. The number of carbonyl (C=O) groups is 1. The number of ether oxygens (including phenoxy) is 3. The summed E-state index contributed by atoms with van der Waals surface area (Å²) in [5, 5.41) is 7.41. The van der Waals surface area contributed by atoms with Crippen LogP contribution in [0.4, 0.5) is 0 Å². The molecule has 2 aromatic carbocycles. The molecule has 1 aromatic heterocycles. The first-order chi connectivity index (χ1) is 14.4. The number of rotatable bonds is 8. The molecule has 7 heteroatoms. The van der Waals surface area contributed by atoms with E-state index in [1.54, 1.807) is 32.2 Å². The van der Waals surface area contributed by atoms with E-state index in [0.29, 0.717) is 18.0 Å². The SMILES string of the molecule is COc1ccccc1CNC(=O)C(C)(C)n1cc(-c2ccc(OC)c(OC)c2)cn1. The van der Waals surface area contributed by atoms with Crippen LogP contribution in [0.3, 0.4) is 0 Å². The van der Waals surface area contributed by atoms with Crippen LogP contribution in [0.1, 0.15) is 19.4 Å². The Morgan fingerprint density at radius 2 is 1.67 bits per heavy atom. The van der Waals surface area contributed by atoms with Crippen LogP contribution in [0.5, 0.6) is 17.2 Å². The third-order valence-electron chi connectivity index (χ3n) is 5.06. The van der Waals surface area contributed by atoms with Gasteiger partial charge >= 0.3 is 0 Å². The average molecular weight is 409 g/mol. The van der Waals surface area contributed by atoms with Gasteiger partial charge in [0.1, 0.15) is 11.3 Å². The normalized spacial score (nSPS) is 11.1. The van der Waals surface area contributed by atoms with E-state index in [9.17, 15) is 4.79 Å². The highest BCUT2D eigenvalue weighted by Gasteiger charge is 2.30. The Hall–Kier alpha value is -3.48. The number of para-hydroxylation sites is 1. The molecule has 158 valence electrons. The topological polar surface area (TPSA) is 74.6 Å². The number of benzene rings is 2. The molecule has 0 spiro atoms. The Morgan fingerprint density at radius 1 is 0.967 bits per heavy atom. The second-order valence-electron chi connectivity index (χ2n) is 7.30. The monoisotopic (exact) mass is 409 g/mol. The third kappa shape index (κ3) is 4.25. The van der Waals surface area contributed by atoms with Gasteiger partial charge in [0.25, 0.3) is 0 Å². The maximum absolute atomic E-state index is 12.9. The Morgan fingerprint density at radius 3 is 2.37 bits per heavy atom. The molecule has 3 rings (SSSR count). The molecule has 7 nitrogen and oxygen atoms in total. The number of aromatic nitrogens is 2. The molecule has 1 heterocycles. The molecule has 30 heavy (non-hydrogen) atoms. The lowest BCUT2D eigenvalue weighted by Gasteiger charge is -2.24. The summed E-state index contributed by atoms with van der Waals surface area (Å²) < 4.78 is 17.7. The largest absolute Gasteiger partial charge is 0.496 e. The highest BCUT2D eigenvalue weighted by atomic mass is 16.5. The minimum atomic E-state index is -0.878. The van der Waals surface area contributed by atoms with Crippen molar-refractivity contribution in [3.63, 3.8) is 0 Å². The zero-order valence-electron chi connectivity index (χ0n) is 17.9. The van der Waals surface area contributed by atoms with Gasteiger partial charge in [-0.05, 0) is 37.6 Å². The molecule has 0 atom stereocenters. The molecular formula is C23H27N3O4. The number of nitrogens with zero attached hydrogens (tertiary/aromatic N) is 2. The van der Waals surface area contributed by atoms with Crippen LogP contribution in [0, 0.1) is 0 Å². The van der Waals surface area contributed by atoms with Gasteiger partial charge in [-0.3, -0.25) is 9.48 Å². The van der Waals surface area contributed by atoms with Gasteiger partial charge in [-0.15, -0.1) is 0 Å². The van der Waals surface area contributed by atoms with Gasteiger partial charge in [0.2, 0.25) is 5.91 Å². The van der Waals surface area contributed by atoms with Crippen LogP contribution in [-0.4, -0.2) is 37.0 Å². The fourth-order valence-corrected chi connectivity index (χ4v) is 3.14. The van der Waals surface area contributed by atoms with Crippen molar-refractivity contribution in [3.05, 3.63) is 60.4 Å². The van der Waals surface area contributed by atoms with E-state index in [2.05, 4.69) is 10.4 Å². The first-order valence-electron chi connectivity index (χ1n) is 9.58. The van der Waals surface area contributed by atoms with E-state index in [0.717, 1.165) is 22.4 Å². The van der Waals surface area contributed by atoms with Gasteiger partial charge in [-0.1, -0.05) is 24.3 Å². The standard InChI is InChI=1S/C23H27N3O4/c1-23(2,22(27)24-13-17-8-6-7-9-19(17)28-3)26-15-18(14-25-26)16-10-11-20(29-4)21(12-16)30-5/h6-12,14-15H,13H2,1-5H3,(H,24,27). The lowest BCUT2D eigenvalue weighted by Crippen LogP contribution is -2.44. The smallest absolute Gasteiger partial charge is 0.247 e. The number of hydrogen-bond donors (Lipinski definition) is 1. The number of amides is 1. The number of methoxy groups -OCH3 is 3. The van der Waals surface area contributed by atoms with E-state index >= 15 is 0 Å². The predicted molar refractivity (Wildman–Crippen MR) is 115 cm³/mol. The molecule has 0 saturated carbocycles. The molecule has 0 saturated heterocycles. The first-order valence-corrected chi connectivity index (χ1v) is 9.58. The summed E-state index contributed by atoms with van der Waals surface area (Å²) in [6.45, 7) is 4.03. The fraction of sp³-hybridized carbons (Fsp3) is 0.304. The maximum atomic E-state index is 12.9. The van der Waals surface area contributed by atoms with E-state index < -0.39 is 5.54 Å². The average Bonchev–Trinajstić information content (AvgIpc) is 3.28. The van der Waals surface area contributed by atoms with Crippen LogP contribution in [0.25, 0.3) is 11.1 Å². The van der Waals surface area contributed by atoms with Crippen molar-refractivity contribution in [2.45, 2.75) is 25.9 Å². The quantitative estimate of drug-likeness (QED) is 0.615. The van der Waals surface area contributed by atoms with Crippen molar-refractivity contribution in [3.8, 4) is 28.4 Å². The van der Waals surface area contributed by atoms with Gasteiger partial charge < -0.3 is 19.5 Å². The summed E-state index contributed by atoms with van der Waals surface area (Å²) in [6.07, 6.45) is 3.58. The van der Waals surface area contributed by atoms with E-state index in [1.165, 1.54) is 0 Å². The zero-order chi connectivity index (χ0) is 21.7. The fourth-order valence-electron chi connectivity index (χ4n) is 3.14. The number of nitrogens with one attached hydrogen (secondary N) is 1. The van der Waals surface area contributed by atoms with Crippen LogP contribution in [0.15, 0.2) is 54.9 Å². The van der Waals surface area contributed by atoms with Crippen LogP contribution in [-0.2, 0) is 16.9 Å². The summed E-state index contributed by atoms with van der Waals surface area (Å²) in [5.41, 5.74) is 1.83. The molecule has 0 aliphatic carbocycles. The lowest BCUT2D eigenvalue weighted by molar-refractivity contribution is -0.129. The second-order valence-corrected chi connectivity index (χ2v) is 7.30. The molecule has 0 aliphatic heterocycles.